The van der Waals surface area contributed by atoms with Crippen LogP contribution in [0.4, 0.5) is 4.39 Å². The first-order chi connectivity index (χ1) is 7.58. The molecule has 0 saturated carbocycles. The fourth-order valence-corrected chi connectivity index (χ4v) is 2.65. The minimum absolute atomic E-state index is 0.323. The van der Waals surface area contributed by atoms with E-state index in [4.69, 9.17) is 0 Å². The maximum atomic E-state index is 13.0. The summed E-state index contributed by atoms with van der Waals surface area (Å²) in [6.07, 6.45) is 2.85. The Labute approximate surface area is 98.2 Å². The zero-order chi connectivity index (χ0) is 11.7. The molecule has 16 heavy (non-hydrogen) atoms. The second-order valence-corrected chi connectivity index (χ2v) is 5.05. The Morgan fingerprint density at radius 3 is 2.62 bits per heavy atom. The summed E-state index contributed by atoms with van der Waals surface area (Å²) in [7, 11) is 0. The van der Waals surface area contributed by atoms with Crippen LogP contribution in [0.5, 0.6) is 0 Å². The molecule has 2 aromatic rings. The number of hydrogen-bond donors (Lipinski definition) is 0. The Kier molecular flexibility index (Phi) is 3.01. The van der Waals surface area contributed by atoms with Crippen molar-refractivity contribution in [3.63, 3.8) is 0 Å². The summed E-state index contributed by atoms with van der Waals surface area (Å²) in [5.74, 6) is 0.129. The van der Waals surface area contributed by atoms with E-state index in [0.29, 0.717) is 5.92 Å². The van der Waals surface area contributed by atoms with Gasteiger partial charge in [-0.05, 0) is 18.9 Å². The van der Waals surface area contributed by atoms with E-state index in [1.807, 2.05) is 6.92 Å². The Morgan fingerprint density at radius 2 is 2.06 bits per heavy atom. The number of halogens is 1. The van der Waals surface area contributed by atoms with Gasteiger partial charge in [-0.15, -0.1) is 11.3 Å². The van der Waals surface area contributed by atoms with E-state index >= 15 is 0 Å². The fraction of sp³-hybridized carbons (Fsp3) is 0.333. The van der Waals surface area contributed by atoms with Crippen LogP contribution in [0.2, 0.25) is 0 Å². The van der Waals surface area contributed by atoms with Gasteiger partial charge in [0.15, 0.2) is 0 Å². The molecule has 0 atom stereocenters. The van der Waals surface area contributed by atoms with Crippen molar-refractivity contribution >= 4 is 11.3 Å². The standard InChI is InChI=1S/C12H13FN2S/c1-7(2)11-8(3)15-12(16-11)9-4-10(13)6-14-5-9/h4-7H,1-3H3. The van der Waals surface area contributed by atoms with Crippen LogP contribution in [0.3, 0.4) is 0 Å². The lowest BCUT2D eigenvalue weighted by atomic mass is 10.1. The Balaban J connectivity index is 2.45. The van der Waals surface area contributed by atoms with E-state index in [1.165, 1.54) is 17.1 Å². The topological polar surface area (TPSA) is 25.8 Å². The molecular weight excluding hydrogens is 223 g/mol. The molecule has 0 unspecified atom stereocenters. The molecule has 4 heteroatoms. The molecule has 0 aliphatic heterocycles. The molecule has 0 fully saturated rings. The van der Waals surface area contributed by atoms with Crippen LogP contribution >= 0.6 is 11.3 Å². The smallest absolute Gasteiger partial charge is 0.142 e. The highest BCUT2D eigenvalue weighted by Gasteiger charge is 2.12. The van der Waals surface area contributed by atoms with Gasteiger partial charge in [-0.25, -0.2) is 9.37 Å². The fourth-order valence-electron chi connectivity index (χ4n) is 1.60. The minimum atomic E-state index is -0.323. The molecule has 2 aromatic heterocycles. The first-order valence-corrected chi connectivity index (χ1v) is 5.98. The summed E-state index contributed by atoms with van der Waals surface area (Å²) < 4.78 is 13.0. The van der Waals surface area contributed by atoms with Crippen LogP contribution < -0.4 is 0 Å². The van der Waals surface area contributed by atoms with Crippen LogP contribution in [-0.4, -0.2) is 9.97 Å². The van der Waals surface area contributed by atoms with E-state index in [1.54, 1.807) is 17.5 Å². The lowest BCUT2D eigenvalue weighted by Crippen LogP contribution is -1.85. The molecule has 84 valence electrons. The van der Waals surface area contributed by atoms with Gasteiger partial charge in [0, 0.05) is 16.6 Å². The van der Waals surface area contributed by atoms with Gasteiger partial charge < -0.3 is 0 Å². The Bertz CT molecular complexity index is 505. The highest BCUT2D eigenvalue weighted by atomic mass is 32.1. The first-order valence-electron chi connectivity index (χ1n) is 5.16. The molecule has 0 aromatic carbocycles. The van der Waals surface area contributed by atoms with Crippen LogP contribution in [0.1, 0.15) is 30.3 Å². The number of rotatable bonds is 2. The highest BCUT2D eigenvalue weighted by molar-refractivity contribution is 7.15. The van der Waals surface area contributed by atoms with Crippen molar-refractivity contribution in [3.05, 3.63) is 34.8 Å². The van der Waals surface area contributed by atoms with Gasteiger partial charge in [-0.2, -0.15) is 0 Å². The minimum Gasteiger partial charge on any atom is -0.261 e. The van der Waals surface area contributed by atoms with Gasteiger partial charge in [-0.3, -0.25) is 4.98 Å². The third-order valence-corrected chi connectivity index (χ3v) is 3.82. The SMILES string of the molecule is Cc1nc(-c2cncc(F)c2)sc1C(C)C. The van der Waals surface area contributed by atoms with E-state index in [0.717, 1.165) is 16.3 Å². The number of nitrogens with zero attached hydrogens (tertiary/aromatic N) is 2. The van der Waals surface area contributed by atoms with E-state index in [9.17, 15) is 4.39 Å². The summed E-state index contributed by atoms with van der Waals surface area (Å²) in [5.41, 5.74) is 1.78. The molecule has 0 aliphatic carbocycles. The Hall–Kier alpha value is -1.29. The van der Waals surface area contributed by atoms with Crippen molar-refractivity contribution in [3.8, 4) is 10.6 Å². The molecule has 0 aliphatic rings. The zero-order valence-corrected chi connectivity index (χ0v) is 10.3. The first kappa shape index (κ1) is 11.2. The monoisotopic (exact) mass is 236 g/mol. The second-order valence-electron chi connectivity index (χ2n) is 4.02. The lowest BCUT2D eigenvalue weighted by molar-refractivity contribution is 0.622. The van der Waals surface area contributed by atoms with Crippen molar-refractivity contribution in [2.45, 2.75) is 26.7 Å². The predicted molar refractivity (Wildman–Crippen MR) is 64.1 cm³/mol. The summed E-state index contributed by atoms with van der Waals surface area (Å²) >= 11 is 1.61. The van der Waals surface area contributed by atoms with Crippen LogP contribution in [0, 0.1) is 12.7 Å². The van der Waals surface area contributed by atoms with Gasteiger partial charge in [0.25, 0.3) is 0 Å². The molecule has 2 nitrogen and oxygen atoms in total. The average Bonchev–Trinajstić information content (AvgIpc) is 2.60. The van der Waals surface area contributed by atoms with Crippen LogP contribution in [0.15, 0.2) is 18.5 Å². The van der Waals surface area contributed by atoms with Crippen molar-refractivity contribution in [2.75, 3.05) is 0 Å². The third-order valence-electron chi connectivity index (χ3n) is 2.31. The van der Waals surface area contributed by atoms with Crippen molar-refractivity contribution in [2.24, 2.45) is 0 Å². The zero-order valence-electron chi connectivity index (χ0n) is 9.49. The quantitative estimate of drug-likeness (QED) is 0.793. The molecule has 0 spiro atoms. The summed E-state index contributed by atoms with van der Waals surface area (Å²) in [6, 6.07) is 1.47. The normalized spacial score (nSPS) is 11.1. The van der Waals surface area contributed by atoms with Crippen molar-refractivity contribution in [1.82, 2.24) is 9.97 Å². The van der Waals surface area contributed by atoms with Crippen LogP contribution in [-0.2, 0) is 0 Å². The van der Waals surface area contributed by atoms with E-state index in [2.05, 4.69) is 23.8 Å². The third kappa shape index (κ3) is 2.11. The average molecular weight is 236 g/mol. The molecule has 0 amide bonds. The van der Waals surface area contributed by atoms with Gasteiger partial charge in [-0.1, -0.05) is 13.8 Å². The molecule has 0 bridgehead atoms. The van der Waals surface area contributed by atoms with Gasteiger partial charge in [0.1, 0.15) is 10.8 Å². The molecular formula is C12H13FN2S. The number of aromatic nitrogens is 2. The summed E-state index contributed by atoms with van der Waals surface area (Å²) in [5, 5.41) is 0.841. The van der Waals surface area contributed by atoms with Gasteiger partial charge >= 0.3 is 0 Å². The highest BCUT2D eigenvalue weighted by Crippen LogP contribution is 2.32. The van der Waals surface area contributed by atoms with Crippen LogP contribution in [0.25, 0.3) is 10.6 Å². The Morgan fingerprint density at radius 1 is 1.31 bits per heavy atom. The van der Waals surface area contributed by atoms with Crippen molar-refractivity contribution in [1.29, 1.82) is 0 Å². The maximum Gasteiger partial charge on any atom is 0.142 e. The van der Waals surface area contributed by atoms with Crippen molar-refractivity contribution < 1.29 is 4.39 Å². The molecule has 0 radical (unpaired) electrons. The lowest BCUT2D eigenvalue weighted by Gasteiger charge is -1.99. The van der Waals surface area contributed by atoms with E-state index in [-0.39, 0.29) is 5.82 Å². The number of aryl methyl sites for hydroxylation is 1. The number of thiazole rings is 1. The summed E-state index contributed by atoms with van der Waals surface area (Å²) in [4.78, 5) is 9.54. The summed E-state index contributed by atoms with van der Waals surface area (Å²) in [6.45, 7) is 6.25. The second kappa shape index (κ2) is 4.29. The molecule has 0 saturated heterocycles. The molecule has 0 N–H and O–H groups in total. The molecule has 2 rings (SSSR count). The molecule has 2 heterocycles. The predicted octanol–water partition coefficient (Wildman–Crippen LogP) is 3.78. The maximum absolute atomic E-state index is 13.0. The van der Waals surface area contributed by atoms with Gasteiger partial charge in [0.05, 0.1) is 11.9 Å². The number of hydrogen-bond acceptors (Lipinski definition) is 3. The number of pyridine rings is 1. The largest absolute Gasteiger partial charge is 0.261 e. The van der Waals surface area contributed by atoms with Gasteiger partial charge in [0.2, 0.25) is 0 Å². The van der Waals surface area contributed by atoms with E-state index < -0.39 is 0 Å².